The van der Waals surface area contributed by atoms with E-state index >= 15 is 0 Å². The van der Waals surface area contributed by atoms with Gasteiger partial charge in [-0.15, -0.1) is 0 Å². The predicted molar refractivity (Wildman–Crippen MR) is 109 cm³/mol. The van der Waals surface area contributed by atoms with Gasteiger partial charge in [-0.05, 0) is 43.3 Å². The van der Waals surface area contributed by atoms with Gasteiger partial charge >= 0.3 is 0 Å². The number of benzene rings is 2. The van der Waals surface area contributed by atoms with Crippen LogP contribution in [0.25, 0.3) is 16.6 Å². The number of carbonyl (C=O) groups is 1. The molecule has 0 spiro atoms. The Morgan fingerprint density at radius 2 is 1.85 bits per heavy atom. The van der Waals surface area contributed by atoms with E-state index in [1.165, 1.54) is 11.8 Å². The maximum atomic E-state index is 12.7. The molecule has 2 aromatic carbocycles. The van der Waals surface area contributed by atoms with Gasteiger partial charge in [-0.1, -0.05) is 36.0 Å². The van der Waals surface area contributed by atoms with Crippen LogP contribution in [-0.2, 0) is 4.79 Å². The third-order valence-electron chi connectivity index (χ3n) is 4.20. The molecule has 4 rings (SSSR count). The van der Waals surface area contributed by atoms with Crippen molar-refractivity contribution in [2.24, 2.45) is 0 Å². The van der Waals surface area contributed by atoms with E-state index in [0.29, 0.717) is 0 Å². The first kappa shape index (κ1) is 17.3. The molecule has 1 amide bonds. The second-order valence-electron chi connectivity index (χ2n) is 6.04. The summed E-state index contributed by atoms with van der Waals surface area (Å²) in [5.41, 5.74) is 2.64. The lowest BCUT2D eigenvalue weighted by molar-refractivity contribution is -0.115. The van der Waals surface area contributed by atoms with Gasteiger partial charge in [0.15, 0.2) is 5.16 Å². The number of thioether (sulfide) groups is 1. The molecule has 1 atom stereocenters. The van der Waals surface area contributed by atoms with E-state index in [1.807, 2.05) is 78.4 Å². The number of pyridine rings is 1. The Bertz CT molecular complexity index is 1070. The van der Waals surface area contributed by atoms with Crippen LogP contribution in [0, 0.1) is 0 Å². The molecule has 0 bridgehead atoms. The Morgan fingerprint density at radius 1 is 1.00 bits per heavy atom. The Hall–Kier alpha value is -3.12. The van der Waals surface area contributed by atoms with Gasteiger partial charge in [0.2, 0.25) is 5.91 Å². The van der Waals surface area contributed by atoms with E-state index in [4.69, 9.17) is 0 Å². The summed E-state index contributed by atoms with van der Waals surface area (Å²) in [6.07, 6.45) is 5.39. The SMILES string of the molecule is CC(Sc1nccn1-c1ccccc1)C(=O)Nc1cccc2ncccc12. The summed E-state index contributed by atoms with van der Waals surface area (Å²) in [5.74, 6) is -0.0704. The molecule has 0 aliphatic heterocycles. The van der Waals surface area contributed by atoms with Crippen LogP contribution in [0.1, 0.15) is 6.92 Å². The summed E-state index contributed by atoms with van der Waals surface area (Å²) < 4.78 is 1.98. The molecule has 6 heteroatoms. The molecular weight excluding hydrogens is 356 g/mol. The number of hydrogen-bond donors (Lipinski definition) is 1. The van der Waals surface area contributed by atoms with E-state index in [9.17, 15) is 4.79 Å². The first-order chi connectivity index (χ1) is 13.2. The topological polar surface area (TPSA) is 59.8 Å². The Labute approximate surface area is 161 Å². The predicted octanol–water partition coefficient (Wildman–Crippen LogP) is 4.54. The van der Waals surface area contributed by atoms with Crippen LogP contribution in [-0.4, -0.2) is 25.7 Å². The molecule has 2 heterocycles. The lowest BCUT2D eigenvalue weighted by Gasteiger charge is -2.14. The molecule has 1 N–H and O–H groups in total. The number of hydrogen-bond acceptors (Lipinski definition) is 4. The number of para-hydroxylation sites is 1. The number of rotatable bonds is 5. The van der Waals surface area contributed by atoms with E-state index in [1.54, 1.807) is 12.4 Å². The van der Waals surface area contributed by atoms with Gasteiger partial charge in [0.1, 0.15) is 0 Å². The highest BCUT2D eigenvalue weighted by molar-refractivity contribution is 8.00. The first-order valence-electron chi connectivity index (χ1n) is 8.62. The van der Waals surface area contributed by atoms with E-state index in [-0.39, 0.29) is 11.2 Å². The van der Waals surface area contributed by atoms with Crippen LogP contribution >= 0.6 is 11.8 Å². The third-order valence-corrected chi connectivity index (χ3v) is 5.28. The Kier molecular flexibility index (Phi) is 4.89. The number of fused-ring (bicyclic) bond motifs is 1. The van der Waals surface area contributed by atoms with Crippen molar-refractivity contribution in [3.05, 3.63) is 79.3 Å². The second-order valence-corrected chi connectivity index (χ2v) is 7.35. The molecular formula is C21H18N4OS. The molecule has 0 aliphatic rings. The lowest BCUT2D eigenvalue weighted by atomic mass is 10.2. The van der Waals surface area contributed by atoms with Crippen LogP contribution in [0.15, 0.2) is 84.4 Å². The molecule has 0 saturated heterocycles. The highest BCUT2D eigenvalue weighted by Crippen LogP contribution is 2.27. The van der Waals surface area contributed by atoms with Crippen LogP contribution in [0.4, 0.5) is 5.69 Å². The Morgan fingerprint density at radius 3 is 2.70 bits per heavy atom. The van der Waals surface area contributed by atoms with Crippen molar-refractivity contribution >= 4 is 34.3 Å². The van der Waals surface area contributed by atoms with E-state index in [2.05, 4.69) is 15.3 Å². The van der Waals surface area contributed by atoms with Gasteiger partial charge in [-0.25, -0.2) is 4.98 Å². The number of carbonyl (C=O) groups excluding carboxylic acids is 1. The zero-order valence-corrected chi connectivity index (χ0v) is 15.6. The molecule has 5 nitrogen and oxygen atoms in total. The average Bonchev–Trinajstić information content (AvgIpc) is 3.17. The number of amides is 1. The zero-order valence-electron chi connectivity index (χ0n) is 14.7. The van der Waals surface area contributed by atoms with Crippen molar-refractivity contribution in [3.63, 3.8) is 0 Å². The molecule has 0 saturated carbocycles. The normalized spacial score (nSPS) is 12.0. The zero-order chi connectivity index (χ0) is 18.6. The fourth-order valence-corrected chi connectivity index (χ4v) is 3.70. The van der Waals surface area contributed by atoms with Crippen molar-refractivity contribution in [2.75, 3.05) is 5.32 Å². The monoisotopic (exact) mass is 374 g/mol. The highest BCUT2D eigenvalue weighted by atomic mass is 32.2. The standard InChI is InChI=1S/C21H18N4OS/c1-15(27-21-23-13-14-25(21)16-7-3-2-4-8-16)20(26)24-19-11-5-10-18-17(19)9-6-12-22-18/h2-15H,1H3,(H,24,26). The minimum atomic E-state index is -0.304. The van der Waals surface area contributed by atoms with Gasteiger partial charge in [0.05, 0.1) is 16.5 Å². The van der Waals surface area contributed by atoms with Gasteiger partial charge < -0.3 is 5.32 Å². The minimum absolute atomic E-state index is 0.0704. The fourth-order valence-electron chi connectivity index (χ4n) is 2.82. The van der Waals surface area contributed by atoms with Crippen LogP contribution in [0.2, 0.25) is 0 Å². The summed E-state index contributed by atoms with van der Waals surface area (Å²) in [7, 11) is 0. The first-order valence-corrected chi connectivity index (χ1v) is 9.50. The minimum Gasteiger partial charge on any atom is -0.324 e. The Balaban J connectivity index is 1.52. The van der Waals surface area contributed by atoms with E-state index < -0.39 is 0 Å². The van der Waals surface area contributed by atoms with Gasteiger partial charge in [0.25, 0.3) is 0 Å². The van der Waals surface area contributed by atoms with Crippen LogP contribution in [0.5, 0.6) is 0 Å². The number of anilines is 1. The summed E-state index contributed by atoms with van der Waals surface area (Å²) >= 11 is 1.43. The third kappa shape index (κ3) is 3.71. The summed E-state index contributed by atoms with van der Waals surface area (Å²) in [6, 6.07) is 19.5. The molecule has 2 aromatic heterocycles. The maximum Gasteiger partial charge on any atom is 0.237 e. The molecule has 4 aromatic rings. The number of imidazole rings is 1. The molecule has 1 unspecified atom stereocenters. The van der Waals surface area contributed by atoms with Crippen molar-refractivity contribution in [3.8, 4) is 5.69 Å². The largest absolute Gasteiger partial charge is 0.324 e. The maximum absolute atomic E-state index is 12.7. The van der Waals surface area contributed by atoms with Gasteiger partial charge in [-0.2, -0.15) is 0 Å². The van der Waals surface area contributed by atoms with Crippen molar-refractivity contribution in [2.45, 2.75) is 17.3 Å². The second kappa shape index (κ2) is 7.63. The fraction of sp³-hybridized carbons (Fsp3) is 0.0952. The van der Waals surface area contributed by atoms with Crippen molar-refractivity contribution in [1.29, 1.82) is 0 Å². The molecule has 0 fully saturated rings. The average molecular weight is 374 g/mol. The molecule has 0 aliphatic carbocycles. The molecule has 134 valence electrons. The summed E-state index contributed by atoms with van der Waals surface area (Å²) in [6.45, 7) is 1.88. The van der Waals surface area contributed by atoms with Crippen LogP contribution < -0.4 is 5.32 Å². The summed E-state index contributed by atoms with van der Waals surface area (Å²) in [5, 5.41) is 4.42. The van der Waals surface area contributed by atoms with Gasteiger partial charge in [0, 0.05) is 29.7 Å². The highest BCUT2D eigenvalue weighted by Gasteiger charge is 2.18. The summed E-state index contributed by atoms with van der Waals surface area (Å²) in [4.78, 5) is 21.5. The van der Waals surface area contributed by atoms with Crippen LogP contribution in [0.3, 0.4) is 0 Å². The van der Waals surface area contributed by atoms with Crippen molar-refractivity contribution in [1.82, 2.24) is 14.5 Å². The van der Waals surface area contributed by atoms with Crippen molar-refractivity contribution < 1.29 is 4.79 Å². The quantitative estimate of drug-likeness (QED) is 0.521. The van der Waals surface area contributed by atoms with Gasteiger partial charge in [-0.3, -0.25) is 14.3 Å². The molecule has 27 heavy (non-hydrogen) atoms. The molecule has 0 radical (unpaired) electrons. The number of nitrogens with zero attached hydrogens (tertiary/aromatic N) is 3. The lowest BCUT2D eigenvalue weighted by Crippen LogP contribution is -2.23. The smallest absolute Gasteiger partial charge is 0.237 e. The number of nitrogens with one attached hydrogen (secondary N) is 1. The van der Waals surface area contributed by atoms with E-state index in [0.717, 1.165) is 27.4 Å². The number of aromatic nitrogens is 3.